The van der Waals surface area contributed by atoms with Crippen LogP contribution in [0.3, 0.4) is 0 Å². The average Bonchev–Trinajstić information content (AvgIpc) is 3.26. The number of hydrogen-bond donors (Lipinski definition) is 0. The van der Waals surface area contributed by atoms with Crippen LogP contribution in [0.25, 0.3) is 11.1 Å². The molecule has 0 N–H and O–H groups in total. The highest BCUT2D eigenvalue weighted by atomic mass is 32.2. The maximum atomic E-state index is 14.3. The second-order valence-corrected chi connectivity index (χ2v) is 12.7. The van der Waals surface area contributed by atoms with Crippen molar-refractivity contribution in [3.63, 3.8) is 0 Å². The summed E-state index contributed by atoms with van der Waals surface area (Å²) in [5, 5.41) is 0. The van der Waals surface area contributed by atoms with Gasteiger partial charge in [0.05, 0.1) is 17.6 Å². The molecule has 0 spiro atoms. The molecule has 180 valence electrons. The van der Waals surface area contributed by atoms with Gasteiger partial charge >= 0.3 is 0 Å². The van der Waals surface area contributed by atoms with Crippen molar-refractivity contribution in [1.82, 2.24) is 9.21 Å². The van der Waals surface area contributed by atoms with Crippen LogP contribution in [-0.2, 0) is 19.9 Å². The molecule has 0 bridgehead atoms. The van der Waals surface area contributed by atoms with Gasteiger partial charge in [-0.2, -0.15) is 4.31 Å². The summed E-state index contributed by atoms with van der Waals surface area (Å²) in [5.41, 5.74) is 2.50. The van der Waals surface area contributed by atoms with Crippen LogP contribution in [0.15, 0.2) is 82.6 Å². The quantitative estimate of drug-likeness (QED) is 0.502. The molecule has 9 heteroatoms. The maximum absolute atomic E-state index is 14.3. The molecule has 34 heavy (non-hydrogen) atoms. The van der Waals surface area contributed by atoms with Crippen molar-refractivity contribution in [2.45, 2.75) is 35.7 Å². The number of sulfonamides is 1. The highest BCUT2D eigenvalue weighted by Gasteiger charge is 2.40. The molecule has 0 radical (unpaired) electrons. The highest BCUT2D eigenvalue weighted by molar-refractivity contribution is 7.90. The molecule has 0 amide bonds. The molecule has 1 atom stereocenters. The molecule has 1 aliphatic heterocycles. The fourth-order valence-corrected chi connectivity index (χ4v) is 6.39. The van der Waals surface area contributed by atoms with Crippen LogP contribution in [0, 0.1) is 5.82 Å². The summed E-state index contributed by atoms with van der Waals surface area (Å²) >= 11 is 0. The summed E-state index contributed by atoms with van der Waals surface area (Å²) in [5.74, 6) is -0.769. The predicted octanol–water partition coefficient (Wildman–Crippen LogP) is 4.31. The van der Waals surface area contributed by atoms with E-state index in [4.69, 9.17) is 0 Å². The monoisotopic (exact) mass is 502 g/mol. The van der Waals surface area contributed by atoms with Gasteiger partial charge in [0.25, 0.3) is 0 Å². The Balaban J connectivity index is 1.70. The van der Waals surface area contributed by atoms with Gasteiger partial charge in [-0.3, -0.25) is 4.90 Å². The Morgan fingerprint density at radius 3 is 2.18 bits per heavy atom. The van der Waals surface area contributed by atoms with Crippen LogP contribution in [0.5, 0.6) is 0 Å². The zero-order chi connectivity index (χ0) is 24.7. The van der Waals surface area contributed by atoms with Crippen LogP contribution < -0.4 is 0 Å². The van der Waals surface area contributed by atoms with Gasteiger partial charge in [0.2, 0.25) is 10.0 Å². The molecule has 1 aliphatic rings. The van der Waals surface area contributed by atoms with Crippen LogP contribution in [0.1, 0.15) is 25.5 Å². The number of hydrogen-bond acceptors (Lipinski definition) is 5. The normalized spacial score (nSPS) is 18.0. The summed E-state index contributed by atoms with van der Waals surface area (Å²) in [6.07, 6.45) is 1.17. The van der Waals surface area contributed by atoms with E-state index in [1.807, 2.05) is 44.2 Å². The second kappa shape index (κ2) is 9.22. The summed E-state index contributed by atoms with van der Waals surface area (Å²) in [6.45, 7) is 4.31. The Kier molecular flexibility index (Phi) is 6.65. The van der Waals surface area contributed by atoms with Crippen LogP contribution >= 0.6 is 0 Å². The molecular formula is C25H27FN2O4S2. The third-order valence-electron chi connectivity index (χ3n) is 6.08. The number of rotatable bonds is 6. The summed E-state index contributed by atoms with van der Waals surface area (Å²) in [4.78, 5) is 1.97. The molecule has 1 unspecified atom stereocenters. The molecule has 0 aliphatic carbocycles. The van der Waals surface area contributed by atoms with E-state index in [2.05, 4.69) is 4.90 Å². The van der Waals surface area contributed by atoms with E-state index in [9.17, 15) is 21.2 Å². The SMILES string of the molecule is CC(C)N1CN(S(=O)(=O)c2ccccc2F)CC1c1cccc(-c2cccc(S(C)(=O)=O)c2)c1. The van der Waals surface area contributed by atoms with Crippen molar-refractivity contribution in [2.24, 2.45) is 0 Å². The van der Waals surface area contributed by atoms with Gasteiger partial charge in [-0.25, -0.2) is 21.2 Å². The lowest BCUT2D eigenvalue weighted by Crippen LogP contribution is -2.34. The molecule has 6 nitrogen and oxygen atoms in total. The summed E-state index contributed by atoms with van der Waals surface area (Å²) < 4.78 is 66.0. The molecular weight excluding hydrogens is 475 g/mol. The minimum atomic E-state index is -4.01. The standard InChI is InChI=1S/C25H27FN2O4S2/c1-18(2)28-17-27(34(31,32)25-13-5-4-12-23(25)26)16-24(28)21-10-6-8-19(14-21)20-9-7-11-22(15-20)33(3,29)30/h4-15,18,24H,16-17H2,1-3H3. The first-order valence-electron chi connectivity index (χ1n) is 10.9. The molecule has 1 saturated heterocycles. The zero-order valence-electron chi connectivity index (χ0n) is 19.2. The molecule has 1 fully saturated rings. The lowest BCUT2D eigenvalue weighted by molar-refractivity contribution is 0.198. The van der Waals surface area contributed by atoms with Crippen LogP contribution in [0.2, 0.25) is 0 Å². The second-order valence-electron chi connectivity index (χ2n) is 8.76. The Labute approximate surface area is 200 Å². The highest BCUT2D eigenvalue weighted by Crippen LogP contribution is 2.35. The third-order valence-corrected chi connectivity index (χ3v) is 9.02. The lowest BCUT2D eigenvalue weighted by atomic mass is 9.99. The summed E-state index contributed by atoms with van der Waals surface area (Å²) in [7, 11) is -7.36. The van der Waals surface area contributed by atoms with Gasteiger partial charge in [-0.15, -0.1) is 0 Å². The molecule has 3 aromatic carbocycles. The lowest BCUT2D eigenvalue weighted by Gasteiger charge is -2.27. The Morgan fingerprint density at radius 2 is 1.53 bits per heavy atom. The van der Waals surface area contributed by atoms with Gasteiger partial charge < -0.3 is 0 Å². The van der Waals surface area contributed by atoms with E-state index in [1.165, 1.54) is 28.8 Å². The largest absolute Gasteiger partial charge is 0.279 e. The zero-order valence-corrected chi connectivity index (χ0v) is 20.9. The fraction of sp³-hybridized carbons (Fsp3) is 0.280. The van der Waals surface area contributed by atoms with E-state index < -0.39 is 25.7 Å². The number of sulfone groups is 1. The average molecular weight is 503 g/mol. The van der Waals surface area contributed by atoms with Gasteiger partial charge in [0.15, 0.2) is 9.84 Å². The first-order chi connectivity index (χ1) is 16.0. The minimum absolute atomic E-state index is 0.0445. The van der Waals surface area contributed by atoms with Gasteiger partial charge in [0.1, 0.15) is 10.7 Å². The van der Waals surface area contributed by atoms with Crippen LogP contribution in [-0.4, -0.2) is 51.6 Å². The fourth-order valence-electron chi connectivity index (χ4n) is 4.26. The number of nitrogens with zero attached hydrogens (tertiary/aromatic N) is 2. The number of halogens is 1. The molecule has 1 heterocycles. The minimum Gasteiger partial charge on any atom is -0.279 e. The van der Waals surface area contributed by atoms with Crippen molar-refractivity contribution >= 4 is 19.9 Å². The maximum Gasteiger partial charge on any atom is 0.247 e. The van der Waals surface area contributed by atoms with E-state index in [0.29, 0.717) is 0 Å². The van der Waals surface area contributed by atoms with Crippen molar-refractivity contribution < 1.29 is 21.2 Å². The molecule has 3 aromatic rings. The number of benzene rings is 3. The van der Waals surface area contributed by atoms with Gasteiger partial charge in [0, 0.05) is 18.8 Å². The first kappa shape index (κ1) is 24.5. The third kappa shape index (κ3) is 4.79. The van der Waals surface area contributed by atoms with Crippen molar-refractivity contribution in [2.75, 3.05) is 19.5 Å². The molecule has 0 aromatic heterocycles. The Morgan fingerprint density at radius 1 is 0.882 bits per heavy atom. The van der Waals surface area contributed by atoms with Crippen LogP contribution in [0.4, 0.5) is 4.39 Å². The topological polar surface area (TPSA) is 74.8 Å². The predicted molar refractivity (Wildman–Crippen MR) is 130 cm³/mol. The van der Waals surface area contributed by atoms with E-state index in [1.54, 1.807) is 18.2 Å². The molecule has 0 saturated carbocycles. The smallest absolute Gasteiger partial charge is 0.247 e. The van der Waals surface area contributed by atoms with Gasteiger partial charge in [-0.1, -0.05) is 42.5 Å². The Bertz CT molecular complexity index is 1420. The first-order valence-corrected chi connectivity index (χ1v) is 14.2. The van der Waals surface area contributed by atoms with E-state index in [0.717, 1.165) is 22.8 Å². The Hall–Kier alpha value is -2.59. The van der Waals surface area contributed by atoms with Crippen molar-refractivity contribution in [3.8, 4) is 11.1 Å². The molecule has 4 rings (SSSR count). The van der Waals surface area contributed by atoms with Crippen molar-refractivity contribution in [3.05, 3.63) is 84.2 Å². The van der Waals surface area contributed by atoms with Crippen molar-refractivity contribution in [1.29, 1.82) is 0 Å². The summed E-state index contributed by atoms with van der Waals surface area (Å²) in [6, 6.07) is 19.6. The van der Waals surface area contributed by atoms with Gasteiger partial charge in [-0.05, 0) is 60.9 Å². The van der Waals surface area contributed by atoms with E-state index >= 15 is 0 Å². The van der Waals surface area contributed by atoms with E-state index in [-0.39, 0.29) is 35.1 Å².